The highest BCUT2D eigenvalue weighted by molar-refractivity contribution is 5.95. The van der Waals surface area contributed by atoms with Crippen LogP contribution in [0.5, 0.6) is 0 Å². The average Bonchev–Trinajstić information content (AvgIpc) is 2.65. The molecule has 1 heterocycles. The van der Waals surface area contributed by atoms with E-state index in [1.165, 1.54) is 12.3 Å². The van der Waals surface area contributed by atoms with Gasteiger partial charge in [-0.05, 0) is 30.3 Å². The number of nitrogens with zero attached hydrogens (tertiary/aromatic N) is 2. The molecule has 1 N–H and O–H groups in total. The number of benzene rings is 2. The molecule has 0 bridgehead atoms. The second-order valence-electron chi connectivity index (χ2n) is 5.45. The van der Waals surface area contributed by atoms with Gasteiger partial charge < -0.3 is 10.1 Å². The van der Waals surface area contributed by atoms with E-state index in [9.17, 15) is 22.8 Å². The van der Waals surface area contributed by atoms with E-state index in [-0.39, 0.29) is 11.4 Å². The van der Waals surface area contributed by atoms with Crippen LogP contribution in [0.4, 0.5) is 18.9 Å². The first-order valence-electron chi connectivity index (χ1n) is 7.69. The fourth-order valence-corrected chi connectivity index (χ4v) is 2.23. The van der Waals surface area contributed by atoms with E-state index in [1.54, 1.807) is 24.3 Å². The van der Waals surface area contributed by atoms with Gasteiger partial charge in [-0.25, -0.2) is 9.78 Å². The van der Waals surface area contributed by atoms with Crippen LogP contribution >= 0.6 is 0 Å². The van der Waals surface area contributed by atoms with Crippen LogP contribution in [0.2, 0.25) is 0 Å². The number of carbonyl (C=O) groups excluding carboxylic acids is 2. The molecule has 6 nitrogen and oxygen atoms in total. The van der Waals surface area contributed by atoms with E-state index in [2.05, 4.69) is 15.3 Å². The fraction of sp³-hybridized carbons (Fsp3) is 0.111. The van der Waals surface area contributed by atoms with Gasteiger partial charge in [0.2, 0.25) is 0 Å². The molecule has 27 heavy (non-hydrogen) atoms. The van der Waals surface area contributed by atoms with Crippen molar-refractivity contribution < 1.29 is 27.5 Å². The summed E-state index contributed by atoms with van der Waals surface area (Å²) in [5.41, 5.74) is 0.0392. The average molecular weight is 375 g/mol. The third-order valence-corrected chi connectivity index (χ3v) is 3.47. The molecule has 0 unspecified atom stereocenters. The number of alkyl halides is 3. The highest BCUT2D eigenvalue weighted by Crippen LogP contribution is 2.30. The van der Waals surface area contributed by atoms with E-state index < -0.39 is 30.2 Å². The molecule has 9 heteroatoms. The number of esters is 1. The minimum Gasteiger partial charge on any atom is -0.451 e. The molecule has 0 aliphatic rings. The number of fused-ring (bicyclic) bond motifs is 1. The fourth-order valence-electron chi connectivity index (χ4n) is 2.23. The molecular weight excluding hydrogens is 363 g/mol. The molecule has 0 atom stereocenters. The van der Waals surface area contributed by atoms with Gasteiger partial charge in [0, 0.05) is 5.69 Å². The SMILES string of the molecule is O=C(COC(=O)c1cnc2ccccc2n1)Nc1cccc(C(F)(F)F)c1. The lowest BCUT2D eigenvalue weighted by Gasteiger charge is -2.10. The molecule has 0 radical (unpaired) electrons. The lowest BCUT2D eigenvalue weighted by Crippen LogP contribution is -2.21. The van der Waals surface area contributed by atoms with Crippen molar-refractivity contribution in [1.29, 1.82) is 0 Å². The quantitative estimate of drug-likeness (QED) is 0.707. The lowest BCUT2D eigenvalue weighted by molar-refractivity contribution is -0.137. The minimum absolute atomic E-state index is 0.0589. The van der Waals surface area contributed by atoms with Gasteiger partial charge in [0.05, 0.1) is 22.8 Å². The van der Waals surface area contributed by atoms with E-state index in [0.717, 1.165) is 18.2 Å². The molecule has 2 aromatic carbocycles. The highest BCUT2D eigenvalue weighted by atomic mass is 19.4. The summed E-state index contributed by atoms with van der Waals surface area (Å²) in [7, 11) is 0. The van der Waals surface area contributed by atoms with Crippen LogP contribution < -0.4 is 5.32 Å². The van der Waals surface area contributed by atoms with Gasteiger partial charge in [0.15, 0.2) is 12.3 Å². The van der Waals surface area contributed by atoms with Crippen LogP contribution in [0.15, 0.2) is 54.7 Å². The zero-order valence-electron chi connectivity index (χ0n) is 13.7. The van der Waals surface area contributed by atoms with Crippen LogP contribution in [0.25, 0.3) is 11.0 Å². The normalized spacial score (nSPS) is 11.2. The summed E-state index contributed by atoms with van der Waals surface area (Å²) in [5.74, 6) is -1.65. The van der Waals surface area contributed by atoms with Crippen LogP contribution in [-0.2, 0) is 15.7 Å². The van der Waals surface area contributed by atoms with Gasteiger partial charge in [-0.3, -0.25) is 9.78 Å². The summed E-state index contributed by atoms with van der Waals surface area (Å²) in [4.78, 5) is 31.9. The van der Waals surface area contributed by atoms with Crippen molar-refractivity contribution in [3.8, 4) is 0 Å². The number of anilines is 1. The summed E-state index contributed by atoms with van der Waals surface area (Å²) < 4.78 is 42.8. The number of carbonyl (C=O) groups is 2. The maximum atomic E-state index is 12.7. The van der Waals surface area contributed by atoms with Crippen molar-refractivity contribution in [3.63, 3.8) is 0 Å². The Morgan fingerprint density at radius 2 is 1.78 bits per heavy atom. The molecule has 0 saturated heterocycles. The predicted molar refractivity (Wildman–Crippen MR) is 89.9 cm³/mol. The van der Waals surface area contributed by atoms with Gasteiger partial charge in [-0.15, -0.1) is 0 Å². The number of rotatable bonds is 4. The molecule has 0 aliphatic heterocycles. The first-order valence-corrected chi connectivity index (χ1v) is 7.69. The number of halogens is 3. The number of para-hydroxylation sites is 2. The molecular formula is C18H12F3N3O3. The maximum absolute atomic E-state index is 12.7. The molecule has 0 aliphatic carbocycles. The number of hydrogen-bond acceptors (Lipinski definition) is 5. The van der Waals surface area contributed by atoms with E-state index >= 15 is 0 Å². The van der Waals surface area contributed by atoms with Crippen LogP contribution in [-0.4, -0.2) is 28.5 Å². The lowest BCUT2D eigenvalue weighted by atomic mass is 10.2. The zero-order chi connectivity index (χ0) is 19.4. The number of amides is 1. The Morgan fingerprint density at radius 3 is 2.52 bits per heavy atom. The van der Waals surface area contributed by atoms with E-state index in [0.29, 0.717) is 11.0 Å². The van der Waals surface area contributed by atoms with Crippen molar-refractivity contribution in [2.24, 2.45) is 0 Å². The molecule has 3 rings (SSSR count). The third-order valence-electron chi connectivity index (χ3n) is 3.47. The van der Waals surface area contributed by atoms with Crippen molar-refractivity contribution in [2.45, 2.75) is 6.18 Å². The molecule has 1 amide bonds. The Balaban J connectivity index is 1.60. The smallest absolute Gasteiger partial charge is 0.416 e. The zero-order valence-corrected chi connectivity index (χ0v) is 13.7. The molecule has 0 fully saturated rings. The molecule has 0 saturated carbocycles. The van der Waals surface area contributed by atoms with Crippen molar-refractivity contribution in [3.05, 3.63) is 66.0 Å². The van der Waals surface area contributed by atoms with Gasteiger partial charge in [-0.2, -0.15) is 13.2 Å². The Bertz CT molecular complexity index is 1010. The third kappa shape index (κ3) is 4.57. The second-order valence-corrected chi connectivity index (χ2v) is 5.45. The Hall–Kier alpha value is -3.49. The summed E-state index contributed by atoms with van der Waals surface area (Å²) in [6, 6.07) is 11.0. The summed E-state index contributed by atoms with van der Waals surface area (Å²) in [6.45, 7) is -0.677. The number of hydrogen-bond donors (Lipinski definition) is 1. The molecule has 3 aromatic rings. The first-order chi connectivity index (χ1) is 12.8. The second kappa shape index (κ2) is 7.40. The maximum Gasteiger partial charge on any atom is 0.416 e. The van der Waals surface area contributed by atoms with Crippen molar-refractivity contribution >= 4 is 28.6 Å². The van der Waals surface area contributed by atoms with Crippen LogP contribution in [0, 0.1) is 0 Å². The van der Waals surface area contributed by atoms with Crippen LogP contribution in [0.3, 0.4) is 0 Å². The predicted octanol–water partition coefficient (Wildman–Crippen LogP) is 3.44. The van der Waals surface area contributed by atoms with Gasteiger partial charge in [-0.1, -0.05) is 18.2 Å². The molecule has 1 aromatic heterocycles. The van der Waals surface area contributed by atoms with Crippen molar-refractivity contribution in [1.82, 2.24) is 9.97 Å². The van der Waals surface area contributed by atoms with Gasteiger partial charge in [0.1, 0.15) is 0 Å². The van der Waals surface area contributed by atoms with Crippen LogP contribution in [0.1, 0.15) is 16.1 Å². The molecule has 138 valence electrons. The standard InChI is InChI=1S/C18H12F3N3O3/c19-18(20,21)11-4-3-5-12(8-11)23-16(25)10-27-17(26)15-9-22-13-6-1-2-7-14(13)24-15/h1-9H,10H2,(H,23,25). The first kappa shape index (κ1) is 18.3. The molecule has 0 spiro atoms. The number of aromatic nitrogens is 2. The Kier molecular flexibility index (Phi) is 5.02. The van der Waals surface area contributed by atoms with E-state index in [1.807, 2.05) is 0 Å². The minimum atomic E-state index is -4.53. The monoisotopic (exact) mass is 375 g/mol. The summed E-state index contributed by atoms with van der Waals surface area (Å²) in [6.07, 6.45) is -3.31. The largest absolute Gasteiger partial charge is 0.451 e. The van der Waals surface area contributed by atoms with Crippen molar-refractivity contribution in [2.75, 3.05) is 11.9 Å². The van der Waals surface area contributed by atoms with Gasteiger partial charge >= 0.3 is 12.1 Å². The number of ether oxygens (including phenoxy) is 1. The summed E-state index contributed by atoms with van der Waals surface area (Å²) in [5, 5.41) is 2.24. The Labute approximate surface area is 151 Å². The number of nitrogens with one attached hydrogen (secondary N) is 1. The Morgan fingerprint density at radius 1 is 1.04 bits per heavy atom. The van der Waals surface area contributed by atoms with Gasteiger partial charge in [0.25, 0.3) is 5.91 Å². The summed E-state index contributed by atoms with van der Waals surface area (Å²) >= 11 is 0. The topological polar surface area (TPSA) is 81.2 Å². The van der Waals surface area contributed by atoms with E-state index in [4.69, 9.17) is 4.74 Å². The highest BCUT2D eigenvalue weighted by Gasteiger charge is 2.30.